The molecule has 1 aromatic heterocycles. The Hall–Kier alpha value is -1.57. The molecule has 16 heavy (non-hydrogen) atoms. The minimum atomic E-state index is 0.141. The lowest BCUT2D eigenvalue weighted by molar-refractivity contribution is 0.561. The van der Waals surface area contributed by atoms with Gasteiger partial charge in [0, 0.05) is 28.7 Å². The molecule has 2 heteroatoms. The van der Waals surface area contributed by atoms with Gasteiger partial charge in [0.15, 0.2) is 0 Å². The number of hydrogen-bond acceptors (Lipinski definition) is 1. The highest BCUT2D eigenvalue weighted by Gasteiger charge is 2.29. The highest BCUT2D eigenvalue weighted by Crippen LogP contribution is 2.39. The molecule has 1 heterocycles. The zero-order chi connectivity index (χ0) is 11.3. The average molecular weight is 212 g/mol. The molecule has 0 fully saturated rings. The van der Waals surface area contributed by atoms with E-state index in [1.54, 1.807) is 0 Å². The largest absolute Gasteiger partial charge is 0.281 e. The Bertz CT molecular complexity index is 544. The van der Waals surface area contributed by atoms with E-state index in [0.717, 1.165) is 12.1 Å². The first-order valence-electron chi connectivity index (χ1n) is 5.73. The lowest BCUT2D eigenvalue weighted by atomic mass is 9.88. The molecule has 82 valence electrons. The van der Waals surface area contributed by atoms with E-state index in [-0.39, 0.29) is 5.41 Å². The summed E-state index contributed by atoms with van der Waals surface area (Å²) in [4.78, 5) is 0. The van der Waals surface area contributed by atoms with Crippen LogP contribution in [0.15, 0.2) is 24.3 Å². The monoisotopic (exact) mass is 212 g/mol. The maximum Gasteiger partial charge on any atom is 0.0961 e. The van der Waals surface area contributed by atoms with Crippen molar-refractivity contribution in [2.45, 2.75) is 32.6 Å². The van der Waals surface area contributed by atoms with Crippen molar-refractivity contribution in [3.05, 3.63) is 41.1 Å². The number of H-pyrrole nitrogens is 1. The van der Waals surface area contributed by atoms with Crippen molar-refractivity contribution in [1.82, 2.24) is 10.2 Å². The fraction of sp³-hybridized carbons (Fsp3) is 0.357. The van der Waals surface area contributed by atoms with Crippen LogP contribution in [0.4, 0.5) is 0 Å². The standard InChI is InChI=1S/C14H16N2/c1-14(2,3)13-11-8-9-6-4-5-7-10(9)12(11)15-16-13/h4-7H,8H2,1-3H3,(H,15,16). The topological polar surface area (TPSA) is 28.7 Å². The first-order chi connectivity index (χ1) is 7.57. The predicted octanol–water partition coefficient (Wildman–Crippen LogP) is 3.28. The summed E-state index contributed by atoms with van der Waals surface area (Å²) in [7, 11) is 0. The summed E-state index contributed by atoms with van der Waals surface area (Å²) in [5.74, 6) is 0. The zero-order valence-corrected chi connectivity index (χ0v) is 9.96. The number of hydrogen-bond donors (Lipinski definition) is 1. The lowest BCUT2D eigenvalue weighted by Crippen LogP contribution is -2.14. The van der Waals surface area contributed by atoms with Crippen LogP contribution >= 0.6 is 0 Å². The molecule has 1 aromatic carbocycles. The van der Waals surface area contributed by atoms with Crippen LogP contribution in [0.5, 0.6) is 0 Å². The molecule has 1 aliphatic rings. The Morgan fingerprint density at radius 1 is 1.19 bits per heavy atom. The van der Waals surface area contributed by atoms with Crippen LogP contribution in [0.3, 0.4) is 0 Å². The Morgan fingerprint density at radius 2 is 1.94 bits per heavy atom. The molecule has 0 spiro atoms. The number of nitrogens with one attached hydrogen (secondary N) is 1. The number of rotatable bonds is 0. The molecule has 0 radical (unpaired) electrons. The van der Waals surface area contributed by atoms with Gasteiger partial charge in [0.1, 0.15) is 0 Å². The summed E-state index contributed by atoms with van der Waals surface area (Å²) >= 11 is 0. The number of aromatic amines is 1. The molecular weight excluding hydrogens is 196 g/mol. The minimum absolute atomic E-state index is 0.141. The van der Waals surface area contributed by atoms with Crippen molar-refractivity contribution in [3.63, 3.8) is 0 Å². The van der Waals surface area contributed by atoms with Crippen LogP contribution in [0, 0.1) is 0 Å². The molecule has 0 bridgehead atoms. The molecule has 0 saturated heterocycles. The van der Waals surface area contributed by atoms with Gasteiger partial charge in [0.25, 0.3) is 0 Å². The van der Waals surface area contributed by atoms with Crippen LogP contribution in [-0.2, 0) is 11.8 Å². The van der Waals surface area contributed by atoms with Crippen LogP contribution in [0.2, 0.25) is 0 Å². The van der Waals surface area contributed by atoms with Crippen LogP contribution in [0.1, 0.15) is 37.6 Å². The number of nitrogens with zero attached hydrogens (tertiary/aromatic N) is 1. The van der Waals surface area contributed by atoms with Crippen LogP contribution < -0.4 is 0 Å². The number of benzene rings is 1. The smallest absolute Gasteiger partial charge is 0.0961 e. The fourth-order valence-corrected chi connectivity index (χ4v) is 2.48. The van der Waals surface area contributed by atoms with E-state index in [9.17, 15) is 0 Å². The summed E-state index contributed by atoms with van der Waals surface area (Å²) in [6.45, 7) is 6.68. The molecule has 0 aliphatic heterocycles. The number of fused-ring (bicyclic) bond motifs is 3. The molecule has 1 N–H and O–H groups in total. The van der Waals surface area contributed by atoms with Gasteiger partial charge in [-0.15, -0.1) is 0 Å². The van der Waals surface area contributed by atoms with Crippen LogP contribution in [0.25, 0.3) is 11.3 Å². The van der Waals surface area contributed by atoms with E-state index >= 15 is 0 Å². The highest BCUT2D eigenvalue weighted by atomic mass is 15.1. The van der Waals surface area contributed by atoms with Gasteiger partial charge >= 0.3 is 0 Å². The Morgan fingerprint density at radius 3 is 2.69 bits per heavy atom. The molecule has 0 amide bonds. The van der Waals surface area contributed by atoms with Gasteiger partial charge in [0.2, 0.25) is 0 Å². The van der Waals surface area contributed by atoms with Crippen molar-refractivity contribution in [2.75, 3.05) is 0 Å². The van der Waals surface area contributed by atoms with E-state index in [4.69, 9.17) is 0 Å². The second-order valence-corrected chi connectivity index (χ2v) is 5.51. The van der Waals surface area contributed by atoms with Crippen molar-refractivity contribution in [3.8, 4) is 11.3 Å². The van der Waals surface area contributed by atoms with Gasteiger partial charge in [-0.2, -0.15) is 5.10 Å². The summed E-state index contributed by atoms with van der Waals surface area (Å²) in [6, 6.07) is 8.54. The third kappa shape index (κ3) is 1.22. The van der Waals surface area contributed by atoms with E-state index < -0.39 is 0 Å². The van der Waals surface area contributed by atoms with Crippen LogP contribution in [-0.4, -0.2) is 10.2 Å². The lowest BCUT2D eigenvalue weighted by Gasteiger charge is -2.17. The van der Waals surface area contributed by atoms with Gasteiger partial charge in [0.05, 0.1) is 5.69 Å². The second-order valence-electron chi connectivity index (χ2n) is 5.51. The molecule has 3 rings (SSSR count). The molecule has 0 unspecified atom stereocenters. The summed E-state index contributed by atoms with van der Waals surface area (Å²) in [5.41, 5.74) is 6.65. The third-order valence-corrected chi connectivity index (χ3v) is 3.26. The van der Waals surface area contributed by atoms with Crippen molar-refractivity contribution in [1.29, 1.82) is 0 Å². The molecule has 2 aromatic rings. The highest BCUT2D eigenvalue weighted by molar-refractivity contribution is 5.74. The first-order valence-corrected chi connectivity index (χ1v) is 5.73. The van der Waals surface area contributed by atoms with Crippen molar-refractivity contribution < 1.29 is 0 Å². The molecular formula is C14H16N2. The van der Waals surface area contributed by atoms with Gasteiger partial charge in [-0.1, -0.05) is 45.0 Å². The van der Waals surface area contributed by atoms with E-state index in [1.165, 1.54) is 22.4 Å². The summed E-state index contributed by atoms with van der Waals surface area (Å²) in [6.07, 6.45) is 1.02. The molecule has 2 nitrogen and oxygen atoms in total. The normalized spacial score (nSPS) is 13.7. The van der Waals surface area contributed by atoms with Gasteiger partial charge in [-0.3, -0.25) is 5.10 Å². The SMILES string of the molecule is CC(C)(C)c1[nH]nc2c1Cc1ccccc1-2. The van der Waals surface area contributed by atoms with Crippen molar-refractivity contribution in [2.24, 2.45) is 0 Å². The minimum Gasteiger partial charge on any atom is -0.281 e. The van der Waals surface area contributed by atoms with Gasteiger partial charge in [-0.25, -0.2) is 0 Å². The Labute approximate surface area is 95.7 Å². The van der Waals surface area contributed by atoms with Gasteiger partial charge < -0.3 is 0 Å². The van der Waals surface area contributed by atoms with E-state index in [1.807, 2.05) is 0 Å². The maximum absolute atomic E-state index is 4.48. The molecule has 0 saturated carbocycles. The summed E-state index contributed by atoms with van der Waals surface area (Å²) in [5, 5.41) is 7.69. The van der Waals surface area contributed by atoms with E-state index in [2.05, 4.69) is 55.2 Å². The Kier molecular flexibility index (Phi) is 1.79. The predicted molar refractivity (Wildman–Crippen MR) is 65.5 cm³/mol. The third-order valence-electron chi connectivity index (χ3n) is 3.26. The number of aromatic nitrogens is 2. The van der Waals surface area contributed by atoms with Gasteiger partial charge in [-0.05, 0) is 5.56 Å². The first kappa shape index (κ1) is 9.64. The molecule has 0 atom stereocenters. The second kappa shape index (κ2) is 2.97. The zero-order valence-electron chi connectivity index (χ0n) is 9.96. The quantitative estimate of drug-likeness (QED) is 0.608. The molecule has 1 aliphatic carbocycles. The average Bonchev–Trinajstić information content (AvgIpc) is 2.73. The van der Waals surface area contributed by atoms with Crippen molar-refractivity contribution >= 4 is 0 Å². The summed E-state index contributed by atoms with van der Waals surface area (Å²) < 4.78 is 0. The fourth-order valence-electron chi connectivity index (χ4n) is 2.48. The van der Waals surface area contributed by atoms with E-state index in [0.29, 0.717) is 0 Å². The maximum atomic E-state index is 4.48. The Balaban J connectivity index is 2.19.